The Bertz CT molecular complexity index is 748. The molecule has 0 saturated heterocycles. The Morgan fingerprint density at radius 2 is 2.04 bits per heavy atom. The van der Waals surface area contributed by atoms with Crippen molar-refractivity contribution in [1.82, 2.24) is 5.32 Å². The van der Waals surface area contributed by atoms with Crippen LogP contribution in [-0.2, 0) is 19.4 Å². The molecule has 0 radical (unpaired) electrons. The standard InChI is InChI=1S/C15H24ClN3O4S2/c1-6-9(2)12(18-14(21)23-15(3,4)5)13(20)19-25(17,22)11-8-7-10(16)24-11/h7-9,12H,6H2,1-5H3,(H,18,21)(H2,17,19,20,22)/t9-,12-,25?/m0/s1. The largest absolute Gasteiger partial charge is 0.444 e. The zero-order valence-corrected chi connectivity index (χ0v) is 17.3. The van der Waals surface area contributed by atoms with E-state index in [9.17, 15) is 13.8 Å². The van der Waals surface area contributed by atoms with Crippen LogP contribution in [0.1, 0.15) is 41.0 Å². The second kappa shape index (κ2) is 8.48. The number of alkyl carbamates (subject to hydrolysis) is 1. The second-order valence-electron chi connectivity index (χ2n) is 6.57. The van der Waals surface area contributed by atoms with Gasteiger partial charge in [-0.05, 0) is 38.8 Å². The van der Waals surface area contributed by atoms with Crippen molar-refractivity contribution in [3.8, 4) is 0 Å². The number of nitrogens with zero attached hydrogens (tertiary/aromatic N) is 1. The molecular weight excluding hydrogens is 386 g/mol. The van der Waals surface area contributed by atoms with Gasteiger partial charge in [0.1, 0.15) is 15.9 Å². The minimum atomic E-state index is -3.43. The van der Waals surface area contributed by atoms with Gasteiger partial charge in [0.05, 0.1) is 4.34 Å². The van der Waals surface area contributed by atoms with Gasteiger partial charge in [0.2, 0.25) is 0 Å². The first-order chi connectivity index (χ1) is 11.4. The molecule has 0 spiro atoms. The summed E-state index contributed by atoms with van der Waals surface area (Å²) in [6.45, 7) is 8.77. The molecule has 1 rings (SSSR count). The Labute approximate surface area is 157 Å². The number of nitrogens with one attached hydrogen (secondary N) is 1. The number of amides is 2. The number of hydrogen-bond acceptors (Lipinski definition) is 5. The van der Waals surface area contributed by atoms with Crippen LogP contribution in [0.5, 0.6) is 0 Å². The molecule has 1 unspecified atom stereocenters. The van der Waals surface area contributed by atoms with E-state index in [1.807, 2.05) is 6.92 Å². The molecule has 0 fully saturated rings. The van der Waals surface area contributed by atoms with Crippen LogP contribution in [-0.4, -0.2) is 27.9 Å². The van der Waals surface area contributed by atoms with Crippen LogP contribution in [0.25, 0.3) is 0 Å². The normalized spacial score (nSPS) is 16.4. The minimum Gasteiger partial charge on any atom is -0.444 e. The highest BCUT2D eigenvalue weighted by Crippen LogP contribution is 2.26. The fourth-order valence-electron chi connectivity index (χ4n) is 1.81. The maximum atomic E-state index is 12.5. The third-order valence-electron chi connectivity index (χ3n) is 3.21. The Hall–Kier alpha value is -1.16. The number of carbonyl (C=O) groups is 2. The summed E-state index contributed by atoms with van der Waals surface area (Å²) in [7, 11) is -3.43. The number of hydrogen-bond donors (Lipinski definition) is 2. The molecule has 25 heavy (non-hydrogen) atoms. The van der Waals surface area contributed by atoms with Crippen molar-refractivity contribution in [3.05, 3.63) is 16.5 Å². The smallest absolute Gasteiger partial charge is 0.408 e. The van der Waals surface area contributed by atoms with Gasteiger partial charge in [-0.1, -0.05) is 31.9 Å². The molecule has 2 amide bonds. The van der Waals surface area contributed by atoms with Crippen molar-refractivity contribution < 1.29 is 18.5 Å². The van der Waals surface area contributed by atoms with E-state index in [1.54, 1.807) is 27.7 Å². The quantitative estimate of drug-likeness (QED) is 0.774. The van der Waals surface area contributed by atoms with Gasteiger partial charge in [-0.2, -0.15) is 0 Å². The second-order valence-corrected chi connectivity index (χ2v) is 10.3. The van der Waals surface area contributed by atoms with Gasteiger partial charge in [-0.25, -0.2) is 14.1 Å². The van der Waals surface area contributed by atoms with Crippen LogP contribution in [0.2, 0.25) is 4.34 Å². The summed E-state index contributed by atoms with van der Waals surface area (Å²) < 4.78 is 22.0. The highest BCUT2D eigenvalue weighted by Gasteiger charge is 2.29. The van der Waals surface area contributed by atoms with Gasteiger partial charge >= 0.3 is 6.09 Å². The molecule has 1 aromatic rings. The van der Waals surface area contributed by atoms with Gasteiger partial charge in [0, 0.05) is 0 Å². The summed E-state index contributed by atoms with van der Waals surface area (Å²) in [6, 6.07) is 2.00. The third kappa shape index (κ3) is 6.93. The molecule has 10 heteroatoms. The lowest BCUT2D eigenvalue weighted by atomic mass is 9.99. The number of nitrogens with two attached hydrogens (primary N) is 1. The molecule has 3 atom stereocenters. The van der Waals surface area contributed by atoms with Crippen molar-refractivity contribution in [3.63, 3.8) is 0 Å². The molecule has 0 aliphatic rings. The van der Waals surface area contributed by atoms with Crippen molar-refractivity contribution in [2.24, 2.45) is 15.4 Å². The van der Waals surface area contributed by atoms with Crippen molar-refractivity contribution in [1.29, 1.82) is 0 Å². The number of thiophene rings is 1. The van der Waals surface area contributed by atoms with Crippen LogP contribution in [0.4, 0.5) is 4.79 Å². The van der Waals surface area contributed by atoms with Crippen LogP contribution < -0.4 is 10.5 Å². The molecule has 0 aliphatic heterocycles. The van der Waals surface area contributed by atoms with Gasteiger partial charge < -0.3 is 10.1 Å². The molecule has 7 nitrogen and oxygen atoms in total. The van der Waals surface area contributed by atoms with Crippen LogP contribution in [0, 0.1) is 5.92 Å². The summed E-state index contributed by atoms with van der Waals surface area (Å²) in [5.74, 6) is -1.01. The molecule has 0 bridgehead atoms. The first-order valence-corrected chi connectivity index (χ1v) is 10.5. The fourth-order valence-corrected chi connectivity index (χ4v) is 4.31. The molecule has 1 aromatic heterocycles. The maximum absolute atomic E-state index is 12.5. The van der Waals surface area contributed by atoms with E-state index >= 15 is 0 Å². The monoisotopic (exact) mass is 409 g/mol. The Balaban J connectivity index is 3.07. The number of carbonyl (C=O) groups excluding carboxylic acids is 2. The van der Waals surface area contributed by atoms with E-state index < -0.39 is 33.6 Å². The summed E-state index contributed by atoms with van der Waals surface area (Å²) in [6.07, 6.45) is -0.151. The number of ether oxygens (including phenoxy) is 1. The molecule has 142 valence electrons. The lowest BCUT2D eigenvalue weighted by molar-refractivity contribution is -0.120. The molecule has 0 aromatic carbocycles. The first kappa shape index (κ1) is 21.9. The van der Waals surface area contributed by atoms with E-state index in [2.05, 4.69) is 9.68 Å². The zero-order chi connectivity index (χ0) is 19.4. The molecule has 0 aliphatic carbocycles. The van der Waals surface area contributed by atoms with Gasteiger partial charge in [0.15, 0.2) is 9.92 Å². The Kier molecular flexibility index (Phi) is 7.42. The first-order valence-electron chi connectivity index (χ1n) is 7.69. The highest BCUT2D eigenvalue weighted by molar-refractivity contribution is 7.93. The molecule has 1 heterocycles. The number of halogens is 1. The summed E-state index contributed by atoms with van der Waals surface area (Å²) in [4.78, 5) is 24.5. The lowest BCUT2D eigenvalue weighted by Gasteiger charge is -2.25. The van der Waals surface area contributed by atoms with Crippen LogP contribution in [0.15, 0.2) is 20.7 Å². The van der Waals surface area contributed by atoms with E-state index in [1.165, 1.54) is 12.1 Å². The van der Waals surface area contributed by atoms with Gasteiger partial charge in [-0.15, -0.1) is 15.7 Å². The van der Waals surface area contributed by atoms with Gasteiger partial charge in [0.25, 0.3) is 5.91 Å². The number of rotatable bonds is 5. The minimum absolute atomic E-state index is 0.200. The Morgan fingerprint density at radius 3 is 2.48 bits per heavy atom. The van der Waals surface area contributed by atoms with Crippen molar-refractivity contribution >= 4 is 44.9 Å². The third-order valence-corrected chi connectivity index (χ3v) is 6.37. The van der Waals surface area contributed by atoms with Crippen molar-refractivity contribution in [2.75, 3.05) is 0 Å². The van der Waals surface area contributed by atoms with E-state index in [0.717, 1.165) is 11.3 Å². The van der Waals surface area contributed by atoms with Gasteiger partial charge in [-0.3, -0.25) is 4.79 Å². The average molecular weight is 410 g/mol. The van der Waals surface area contributed by atoms with Crippen LogP contribution in [0.3, 0.4) is 0 Å². The molecule has 0 saturated carbocycles. The van der Waals surface area contributed by atoms with E-state index in [0.29, 0.717) is 10.8 Å². The van der Waals surface area contributed by atoms with Crippen molar-refractivity contribution in [2.45, 2.75) is 56.9 Å². The molecule has 3 N–H and O–H groups in total. The van der Waals surface area contributed by atoms with E-state index in [-0.39, 0.29) is 10.1 Å². The summed E-state index contributed by atoms with van der Waals surface area (Å²) in [5.41, 5.74) is -0.709. The predicted octanol–water partition coefficient (Wildman–Crippen LogP) is 3.57. The predicted molar refractivity (Wildman–Crippen MR) is 100.0 cm³/mol. The summed E-state index contributed by atoms with van der Waals surface area (Å²) in [5, 5.41) is 8.21. The highest BCUT2D eigenvalue weighted by atomic mass is 35.5. The fraction of sp³-hybridized carbons (Fsp3) is 0.600. The topological polar surface area (TPSA) is 111 Å². The lowest BCUT2D eigenvalue weighted by Crippen LogP contribution is -2.46. The van der Waals surface area contributed by atoms with Crippen LogP contribution >= 0.6 is 22.9 Å². The Morgan fingerprint density at radius 1 is 1.44 bits per heavy atom. The SMILES string of the molecule is CC[C@H](C)[C@H](NC(=O)OC(C)(C)C)C(=O)N=S(N)(=O)c1ccc(Cl)s1. The maximum Gasteiger partial charge on any atom is 0.408 e. The summed E-state index contributed by atoms with van der Waals surface area (Å²) >= 11 is 6.80. The zero-order valence-electron chi connectivity index (χ0n) is 14.9. The van der Waals surface area contributed by atoms with E-state index in [4.69, 9.17) is 21.5 Å². The molecular formula is C15H24ClN3O4S2. The average Bonchev–Trinajstić information content (AvgIpc) is 2.89.